The summed E-state index contributed by atoms with van der Waals surface area (Å²) in [6.45, 7) is 7.62. The Morgan fingerprint density at radius 1 is 1.03 bits per heavy atom. The average molecular weight is 446 g/mol. The number of carbonyl (C=O) groups is 1. The molecule has 2 aromatic carbocycles. The Bertz CT molecular complexity index is 1190. The number of hydrogen-bond donors (Lipinski definition) is 1. The minimum absolute atomic E-state index is 0.0241. The summed E-state index contributed by atoms with van der Waals surface area (Å²) < 4.78 is 2.02. The number of aromatic nitrogens is 2. The van der Waals surface area contributed by atoms with Crippen LogP contribution in [-0.2, 0) is 11.2 Å². The first-order valence-corrected chi connectivity index (χ1v) is 12.0. The average Bonchev–Trinajstić information content (AvgIpc) is 3.42. The predicted octanol–water partition coefficient (Wildman–Crippen LogP) is 4.39. The summed E-state index contributed by atoms with van der Waals surface area (Å²) in [7, 11) is 0. The van der Waals surface area contributed by atoms with Gasteiger partial charge in [0, 0.05) is 60.4 Å². The number of nitrogens with zero attached hydrogens (tertiary/aromatic N) is 4. The first-order chi connectivity index (χ1) is 15.7. The molecule has 1 amide bonds. The maximum absolute atomic E-state index is 12.7. The Hall–Kier alpha value is -3.16. The van der Waals surface area contributed by atoms with Crippen LogP contribution < -0.4 is 10.2 Å². The Balaban J connectivity index is 1.22. The largest absolute Gasteiger partial charge is 0.369 e. The van der Waals surface area contributed by atoms with E-state index in [9.17, 15) is 4.79 Å². The molecule has 2 aromatic heterocycles. The lowest BCUT2D eigenvalue weighted by molar-refractivity contribution is -0.115. The lowest BCUT2D eigenvalue weighted by Gasteiger charge is -2.35. The summed E-state index contributed by atoms with van der Waals surface area (Å²) >= 11 is 1.56. The zero-order chi connectivity index (χ0) is 21.9. The van der Waals surface area contributed by atoms with Gasteiger partial charge in [-0.2, -0.15) is 0 Å². The van der Waals surface area contributed by atoms with Gasteiger partial charge < -0.3 is 15.1 Å². The molecule has 5 rings (SSSR count). The van der Waals surface area contributed by atoms with Crippen molar-refractivity contribution in [3.05, 3.63) is 71.9 Å². The van der Waals surface area contributed by atoms with E-state index < -0.39 is 0 Å². The summed E-state index contributed by atoms with van der Waals surface area (Å²) in [5, 5.41) is 5.04. The van der Waals surface area contributed by atoms with Gasteiger partial charge in [-0.3, -0.25) is 9.20 Å². The third-order valence-corrected chi connectivity index (χ3v) is 6.92. The van der Waals surface area contributed by atoms with Gasteiger partial charge in [0.15, 0.2) is 4.96 Å². The Labute approximate surface area is 192 Å². The molecule has 1 fully saturated rings. The van der Waals surface area contributed by atoms with Crippen LogP contribution >= 0.6 is 11.3 Å². The summed E-state index contributed by atoms with van der Waals surface area (Å²) in [6, 6.07) is 18.3. The molecule has 0 radical (unpaired) electrons. The quantitative estimate of drug-likeness (QED) is 0.478. The van der Waals surface area contributed by atoms with Crippen LogP contribution in [0.2, 0.25) is 0 Å². The van der Waals surface area contributed by atoms with Gasteiger partial charge in [-0.15, -0.1) is 11.3 Å². The number of likely N-dealkylation sites (N-methyl/N-ethyl adjacent to an activating group) is 1. The fourth-order valence-corrected chi connectivity index (χ4v) is 5.02. The second kappa shape index (κ2) is 9.14. The van der Waals surface area contributed by atoms with Crippen molar-refractivity contribution in [1.29, 1.82) is 0 Å². The molecule has 1 saturated heterocycles. The minimum Gasteiger partial charge on any atom is -0.369 e. The number of amides is 1. The van der Waals surface area contributed by atoms with Crippen LogP contribution in [0.3, 0.4) is 0 Å². The van der Waals surface area contributed by atoms with Gasteiger partial charge in [0.1, 0.15) is 0 Å². The fourth-order valence-electron chi connectivity index (χ4n) is 4.15. The number of hydrogen-bond acceptors (Lipinski definition) is 5. The number of imidazole rings is 1. The predicted molar refractivity (Wildman–Crippen MR) is 132 cm³/mol. The maximum atomic E-state index is 12.7. The van der Waals surface area contributed by atoms with E-state index in [1.165, 1.54) is 5.69 Å². The van der Waals surface area contributed by atoms with Crippen LogP contribution in [0.15, 0.2) is 66.2 Å². The van der Waals surface area contributed by atoms with E-state index in [1.807, 2.05) is 58.4 Å². The number of thiazole rings is 1. The van der Waals surface area contributed by atoms with E-state index in [2.05, 4.69) is 34.2 Å². The van der Waals surface area contributed by atoms with E-state index in [0.29, 0.717) is 6.42 Å². The lowest BCUT2D eigenvalue weighted by atomic mass is 10.2. The van der Waals surface area contributed by atoms with E-state index in [-0.39, 0.29) is 5.91 Å². The van der Waals surface area contributed by atoms with Gasteiger partial charge in [0.05, 0.1) is 12.1 Å². The molecule has 1 aliphatic rings. The molecule has 6 nitrogen and oxygen atoms in total. The number of benzene rings is 2. The Kier molecular flexibility index (Phi) is 5.92. The van der Waals surface area contributed by atoms with Crippen molar-refractivity contribution in [2.45, 2.75) is 13.3 Å². The zero-order valence-electron chi connectivity index (χ0n) is 18.2. The molecule has 0 saturated carbocycles. The topological polar surface area (TPSA) is 52.9 Å². The second-order valence-electron chi connectivity index (χ2n) is 8.06. The van der Waals surface area contributed by atoms with E-state index in [0.717, 1.165) is 60.3 Å². The molecule has 0 spiro atoms. The van der Waals surface area contributed by atoms with Crippen molar-refractivity contribution in [2.24, 2.45) is 0 Å². The molecule has 32 heavy (non-hydrogen) atoms. The Morgan fingerprint density at radius 2 is 1.78 bits per heavy atom. The van der Waals surface area contributed by atoms with Crippen LogP contribution in [-0.4, -0.2) is 52.9 Å². The first kappa shape index (κ1) is 20.7. The van der Waals surface area contributed by atoms with Crippen molar-refractivity contribution < 1.29 is 4.79 Å². The number of piperazine rings is 1. The molecule has 0 unspecified atom stereocenters. The summed E-state index contributed by atoms with van der Waals surface area (Å²) in [6.07, 6.45) is 2.32. The molecular weight excluding hydrogens is 418 g/mol. The highest BCUT2D eigenvalue weighted by Crippen LogP contribution is 2.24. The lowest BCUT2D eigenvalue weighted by Crippen LogP contribution is -2.46. The Morgan fingerprint density at radius 3 is 2.50 bits per heavy atom. The van der Waals surface area contributed by atoms with Crippen LogP contribution in [0.4, 0.5) is 11.4 Å². The van der Waals surface area contributed by atoms with Crippen LogP contribution in [0.25, 0.3) is 16.2 Å². The SMILES string of the molecule is CCN1CCN(c2ccc(NC(=O)Cc3csc4nc(-c5ccccc5)cn34)cc2)CC1. The van der Waals surface area contributed by atoms with Gasteiger partial charge in [0.2, 0.25) is 5.91 Å². The first-order valence-electron chi connectivity index (χ1n) is 11.1. The molecule has 1 aliphatic heterocycles. The monoisotopic (exact) mass is 445 g/mol. The number of anilines is 2. The molecule has 0 bridgehead atoms. The van der Waals surface area contributed by atoms with Crippen molar-refractivity contribution in [1.82, 2.24) is 14.3 Å². The van der Waals surface area contributed by atoms with Gasteiger partial charge >= 0.3 is 0 Å². The molecule has 1 N–H and O–H groups in total. The molecule has 7 heteroatoms. The van der Waals surface area contributed by atoms with Gasteiger partial charge in [0.25, 0.3) is 0 Å². The fraction of sp³-hybridized carbons (Fsp3) is 0.280. The van der Waals surface area contributed by atoms with Gasteiger partial charge in [-0.1, -0.05) is 37.3 Å². The van der Waals surface area contributed by atoms with Crippen molar-refractivity contribution >= 4 is 33.6 Å². The third-order valence-electron chi connectivity index (χ3n) is 6.03. The van der Waals surface area contributed by atoms with E-state index >= 15 is 0 Å². The minimum atomic E-state index is -0.0241. The summed E-state index contributed by atoms with van der Waals surface area (Å²) in [5.74, 6) is -0.0241. The molecule has 164 valence electrons. The highest BCUT2D eigenvalue weighted by Gasteiger charge is 2.16. The maximum Gasteiger partial charge on any atom is 0.230 e. The highest BCUT2D eigenvalue weighted by atomic mass is 32.1. The zero-order valence-corrected chi connectivity index (χ0v) is 19.0. The number of rotatable bonds is 6. The smallest absolute Gasteiger partial charge is 0.230 e. The van der Waals surface area contributed by atoms with Crippen molar-refractivity contribution in [2.75, 3.05) is 42.9 Å². The van der Waals surface area contributed by atoms with Crippen molar-refractivity contribution in [3.63, 3.8) is 0 Å². The molecular formula is C25H27N5OS. The molecule has 0 atom stereocenters. The van der Waals surface area contributed by atoms with Gasteiger partial charge in [-0.25, -0.2) is 4.98 Å². The highest BCUT2D eigenvalue weighted by molar-refractivity contribution is 7.15. The second-order valence-corrected chi connectivity index (χ2v) is 8.90. The van der Waals surface area contributed by atoms with Crippen molar-refractivity contribution in [3.8, 4) is 11.3 Å². The van der Waals surface area contributed by atoms with E-state index in [1.54, 1.807) is 11.3 Å². The third kappa shape index (κ3) is 4.40. The molecule has 3 heterocycles. The standard InChI is InChI=1S/C25H27N5OS/c1-2-28-12-14-29(15-13-28)21-10-8-20(9-11-21)26-24(31)16-22-18-32-25-27-23(17-30(22)25)19-6-4-3-5-7-19/h3-11,17-18H,2,12-16H2,1H3,(H,26,31). The van der Waals surface area contributed by atoms with Gasteiger partial charge in [-0.05, 0) is 30.8 Å². The van der Waals surface area contributed by atoms with E-state index in [4.69, 9.17) is 4.98 Å². The molecule has 4 aromatic rings. The molecule has 0 aliphatic carbocycles. The number of fused-ring (bicyclic) bond motifs is 1. The number of carbonyl (C=O) groups excluding carboxylic acids is 1. The summed E-state index contributed by atoms with van der Waals surface area (Å²) in [5.41, 5.74) is 4.99. The normalized spacial score (nSPS) is 14.7. The van der Waals surface area contributed by atoms with Crippen LogP contribution in [0.1, 0.15) is 12.6 Å². The van der Waals surface area contributed by atoms with Crippen LogP contribution in [0.5, 0.6) is 0 Å². The number of nitrogens with one attached hydrogen (secondary N) is 1. The van der Waals surface area contributed by atoms with Crippen LogP contribution in [0, 0.1) is 0 Å². The summed E-state index contributed by atoms with van der Waals surface area (Å²) in [4.78, 5) is 23.2.